The van der Waals surface area contributed by atoms with Gasteiger partial charge in [-0.15, -0.1) is 0 Å². The van der Waals surface area contributed by atoms with Crippen molar-refractivity contribution in [3.63, 3.8) is 0 Å². The lowest BCUT2D eigenvalue weighted by Crippen LogP contribution is -2.14. The van der Waals surface area contributed by atoms with Crippen molar-refractivity contribution >= 4 is 11.4 Å². The van der Waals surface area contributed by atoms with Gasteiger partial charge in [0.25, 0.3) is 0 Å². The van der Waals surface area contributed by atoms with E-state index in [1.54, 1.807) is 0 Å². The molecule has 2 aromatic rings. The lowest BCUT2D eigenvalue weighted by molar-refractivity contribution is 1.05. The molecule has 0 saturated heterocycles. The Bertz CT molecular complexity index is 572. The fourth-order valence-electron chi connectivity index (χ4n) is 2.79. The van der Waals surface area contributed by atoms with Crippen molar-refractivity contribution in [2.75, 3.05) is 38.0 Å². The molecule has 0 aliphatic rings. The van der Waals surface area contributed by atoms with Gasteiger partial charge in [0.1, 0.15) is 0 Å². The Balaban J connectivity index is 2.47. The van der Waals surface area contributed by atoms with Crippen molar-refractivity contribution < 1.29 is 0 Å². The topological polar surface area (TPSA) is 6.48 Å². The van der Waals surface area contributed by atoms with Crippen LogP contribution < -0.4 is 9.80 Å². The first-order valence-electron chi connectivity index (χ1n) is 7.42. The van der Waals surface area contributed by atoms with E-state index in [2.05, 4.69) is 88.2 Å². The van der Waals surface area contributed by atoms with Crippen molar-refractivity contribution in [2.45, 2.75) is 20.3 Å². The summed E-state index contributed by atoms with van der Waals surface area (Å²) in [5, 5.41) is 0. The van der Waals surface area contributed by atoms with Gasteiger partial charge in [0, 0.05) is 46.0 Å². The Kier molecular flexibility index (Phi) is 4.56. The number of hydrogen-bond acceptors (Lipinski definition) is 2. The van der Waals surface area contributed by atoms with Gasteiger partial charge < -0.3 is 9.80 Å². The van der Waals surface area contributed by atoms with E-state index in [0.717, 1.165) is 6.42 Å². The van der Waals surface area contributed by atoms with Gasteiger partial charge in [-0.2, -0.15) is 0 Å². The summed E-state index contributed by atoms with van der Waals surface area (Å²) in [5.74, 6) is 0. The Hall–Kier alpha value is -1.96. The summed E-state index contributed by atoms with van der Waals surface area (Å²) >= 11 is 0. The second-order valence-electron chi connectivity index (χ2n) is 6.23. The molecule has 112 valence electrons. The average Bonchev–Trinajstić information content (AvgIpc) is 2.38. The van der Waals surface area contributed by atoms with Gasteiger partial charge in [-0.1, -0.05) is 35.4 Å². The number of aryl methyl sites for hydroxylation is 2. The molecule has 0 bridgehead atoms. The third-order valence-electron chi connectivity index (χ3n) is 3.81. The zero-order chi connectivity index (χ0) is 15.6. The molecule has 21 heavy (non-hydrogen) atoms. The first kappa shape index (κ1) is 15.4. The van der Waals surface area contributed by atoms with Crippen LogP contribution in [0.5, 0.6) is 0 Å². The number of rotatable bonds is 4. The minimum atomic E-state index is 0.963. The highest BCUT2D eigenvalue weighted by molar-refractivity contribution is 5.60. The van der Waals surface area contributed by atoms with Gasteiger partial charge in [0.05, 0.1) is 0 Å². The summed E-state index contributed by atoms with van der Waals surface area (Å²) in [4.78, 5) is 4.39. The fourth-order valence-corrected chi connectivity index (χ4v) is 2.79. The van der Waals surface area contributed by atoms with Crippen LogP contribution in [0.1, 0.15) is 22.3 Å². The van der Waals surface area contributed by atoms with Gasteiger partial charge >= 0.3 is 0 Å². The molecule has 2 nitrogen and oxygen atoms in total. The molecule has 0 unspecified atom stereocenters. The average molecular weight is 282 g/mol. The van der Waals surface area contributed by atoms with Crippen LogP contribution in [-0.2, 0) is 6.42 Å². The van der Waals surface area contributed by atoms with Gasteiger partial charge in [0.15, 0.2) is 0 Å². The number of benzene rings is 2. The zero-order valence-electron chi connectivity index (χ0n) is 14.1. The Morgan fingerprint density at radius 2 is 1.05 bits per heavy atom. The molecule has 0 atom stereocenters. The molecule has 2 aromatic carbocycles. The summed E-state index contributed by atoms with van der Waals surface area (Å²) in [6.45, 7) is 4.32. The smallest absolute Gasteiger partial charge is 0.0397 e. The Labute approximate surface area is 129 Å². The lowest BCUT2D eigenvalue weighted by Gasteiger charge is -2.22. The quantitative estimate of drug-likeness (QED) is 0.835. The highest BCUT2D eigenvalue weighted by Gasteiger charge is 2.10. The highest BCUT2D eigenvalue weighted by atomic mass is 15.1. The third kappa shape index (κ3) is 3.57. The van der Waals surface area contributed by atoms with E-state index < -0.39 is 0 Å². The van der Waals surface area contributed by atoms with Crippen molar-refractivity contribution in [2.24, 2.45) is 0 Å². The molecule has 0 radical (unpaired) electrons. The molecular formula is C19H26N2. The number of hydrogen-bond donors (Lipinski definition) is 0. The largest absolute Gasteiger partial charge is 0.377 e. The van der Waals surface area contributed by atoms with Crippen LogP contribution in [0.25, 0.3) is 0 Å². The number of anilines is 2. The van der Waals surface area contributed by atoms with Crippen molar-refractivity contribution in [1.82, 2.24) is 0 Å². The molecule has 0 saturated carbocycles. The maximum Gasteiger partial charge on any atom is 0.0397 e. The van der Waals surface area contributed by atoms with Crippen molar-refractivity contribution in [1.29, 1.82) is 0 Å². The second-order valence-corrected chi connectivity index (χ2v) is 6.23. The van der Waals surface area contributed by atoms with Crippen LogP contribution >= 0.6 is 0 Å². The maximum absolute atomic E-state index is 2.30. The minimum Gasteiger partial charge on any atom is -0.377 e. The lowest BCUT2D eigenvalue weighted by atomic mass is 9.98. The van der Waals surface area contributed by atoms with Gasteiger partial charge in [0.2, 0.25) is 0 Å². The maximum atomic E-state index is 2.30. The fraction of sp³-hybridized carbons (Fsp3) is 0.368. The van der Waals surface area contributed by atoms with Crippen LogP contribution in [0.2, 0.25) is 0 Å². The van der Waals surface area contributed by atoms with Crippen LogP contribution in [-0.4, -0.2) is 28.2 Å². The predicted molar refractivity (Wildman–Crippen MR) is 93.8 cm³/mol. The summed E-state index contributed by atoms with van der Waals surface area (Å²) in [6.07, 6.45) is 0.963. The first-order chi connectivity index (χ1) is 9.88. The summed E-state index contributed by atoms with van der Waals surface area (Å²) < 4.78 is 0. The molecule has 2 heteroatoms. The molecule has 0 aliphatic carbocycles. The van der Waals surface area contributed by atoms with E-state index in [9.17, 15) is 0 Å². The van der Waals surface area contributed by atoms with E-state index in [4.69, 9.17) is 0 Å². The molecule has 0 fully saturated rings. The van der Waals surface area contributed by atoms with Gasteiger partial charge in [-0.05, 0) is 37.1 Å². The van der Waals surface area contributed by atoms with Crippen molar-refractivity contribution in [3.8, 4) is 0 Å². The predicted octanol–water partition coefficient (Wildman–Crippen LogP) is 4.03. The Morgan fingerprint density at radius 3 is 1.38 bits per heavy atom. The molecule has 0 heterocycles. The van der Waals surface area contributed by atoms with E-state index in [1.807, 2.05) is 0 Å². The second kappa shape index (κ2) is 6.21. The molecular weight excluding hydrogens is 256 g/mol. The van der Waals surface area contributed by atoms with Crippen molar-refractivity contribution in [3.05, 3.63) is 58.7 Å². The summed E-state index contributed by atoms with van der Waals surface area (Å²) in [7, 11) is 8.43. The molecule has 0 N–H and O–H groups in total. The van der Waals surface area contributed by atoms with E-state index in [-0.39, 0.29) is 0 Å². The van der Waals surface area contributed by atoms with Crippen LogP contribution in [0, 0.1) is 13.8 Å². The van der Waals surface area contributed by atoms with Gasteiger partial charge in [-0.25, -0.2) is 0 Å². The van der Waals surface area contributed by atoms with Crippen LogP contribution in [0.4, 0.5) is 11.4 Å². The summed E-state index contributed by atoms with van der Waals surface area (Å²) in [6, 6.07) is 13.4. The normalized spacial score (nSPS) is 10.6. The standard InChI is InChI=1S/C19H26N2/c1-14-7-9-18(20(3)4)16(11-14)13-17-12-15(2)8-10-19(17)21(5)6/h7-12H,13H2,1-6H3. The molecule has 0 aliphatic heterocycles. The summed E-state index contributed by atoms with van der Waals surface area (Å²) in [5.41, 5.74) is 7.99. The SMILES string of the molecule is Cc1ccc(N(C)C)c(Cc2cc(C)ccc2N(C)C)c1. The molecule has 0 aromatic heterocycles. The van der Waals surface area contributed by atoms with E-state index >= 15 is 0 Å². The zero-order valence-corrected chi connectivity index (χ0v) is 14.1. The Morgan fingerprint density at radius 1 is 0.667 bits per heavy atom. The molecule has 0 spiro atoms. The first-order valence-corrected chi connectivity index (χ1v) is 7.42. The van der Waals surface area contributed by atoms with Crippen LogP contribution in [0.3, 0.4) is 0 Å². The minimum absolute atomic E-state index is 0.963. The number of nitrogens with zero attached hydrogens (tertiary/aromatic N) is 2. The van der Waals surface area contributed by atoms with E-state index in [0.29, 0.717) is 0 Å². The van der Waals surface area contributed by atoms with E-state index in [1.165, 1.54) is 33.6 Å². The molecule has 2 rings (SSSR count). The van der Waals surface area contributed by atoms with Gasteiger partial charge in [-0.3, -0.25) is 0 Å². The highest BCUT2D eigenvalue weighted by Crippen LogP contribution is 2.28. The third-order valence-corrected chi connectivity index (χ3v) is 3.81. The molecule has 0 amide bonds. The van der Waals surface area contributed by atoms with Crippen LogP contribution in [0.15, 0.2) is 36.4 Å². The monoisotopic (exact) mass is 282 g/mol.